The summed E-state index contributed by atoms with van der Waals surface area (Å²) in [5.74, 6) is -0.0332. The molecule has 1 aromatic heterocycles. The van der Waals surface area contributed by atoms with E-state index >= 15 is 0 Å². The van der Waals surface area contributed by atoms with Gasteiger partial charge < -0.3 is 15.4 Å². The van der Waals surface area contributed by atoms with E-state index in [1.165, 1.54) is 0 Å². The number of aryl methyl sites for hydroxylation is 3. The number of carbonyl (C=O) groups excluding carboxylic acids is 2. The van der Waals surface area contributed by atoms with E-state index in [9.17, 15) is 9.59 Å². The molecule has 7 nitrogen and oxygen atoms in total. The highest BCUT2D eigenvalue weighted by Crippen LogP contribution is 2.27. The third-order valence-electron chi connectivity index (χ3n) is 5.76. The average Bonchev–Trinajstić information content (AvgIpc) is 3.31. The topological polar surface area (TPSA) is 85.2 Å². The maximum atomic E-state index is 13.2. The molecule has 0 radical (unpaired) electrons. The van der Waals surface area contributed by atoms with Crippen molar-refractivity contribution in [2.24, 2.45) is 0 Å². The van der Waals surface area contributed by atoms with E-state index in [2.05, 4.69) is 10.6 Å². The highest BCUT2D eigenvalue weighted by molar-refractivity contribution is 6.03. The van der Waals surface area contributed by atoms with E-state index in [4.69, 9.17) is 9.84 Å². The largest absolute Gasteiger partial charge is 0.497 e. The van der Waals surface area contributed by atoms with Gasteiger partial charge in [-0.25, -0.2) is 4.68 Å². The van der Waals surface area contributed by atoms with Crippen LogP contribution in [0.5, 0.6) is 5.75 Å². The molecular weight excluding hydrogens is 440 g/mol. The van der Waals surface area contributed by atoms with Crippen molar-refractivity contribution in [2.75, 3.05) is 19.0 Å². The predicted octanol–water partition coefficient (Wildman–Crippen LogP) is 4.84. The van der Waals surface area contributed by atoms with Gasteiger partial charge in [-0.05, 0) is 56.2 Å². The highest BCUT2D eigenvalue weighted by atomic mass is 16.5. The molecular formula is C28H28N4O3. The fourth-order valence-electron chi connectivity index (χ4n) is 3.80. The smallest absolute Gasteiger partial charge is 0.255 e. The van der Waals surface area contributed by atoms with Gasteiger partial charge >= 0.3 is 0 Å². The number of nitrogens with one attached hydrogen (secondary N) is 2. The van der Waals surface area contributed by atoms with Crippen molar-refractivity contribution in [3.8, 4) is 22.7 Å². The van der Waals surface area contributed by atoms with Crippen molar-refractivity contribution < 1.29 is 14.3 Å². The van der Waals surface area contributed by atoms with E-state index in [1.807, 2.05) is 87.5 Å². The molecule has 0 aliphatic rings. The van der Waals surface area contributed by atoms with Gasteiger partial charge in [0.2, 0.25) is 5.91 Å². The number of hydrogen-bond donors (Lipinski definition) is 2. The maximum absolute atomic E-state index is 13.2. The van der Waals surface area contributed by atoms with Gasteiger partial charge in [-0.2, -0.15) is 5.10 Å². The normalized spacial score (nSPS) is 10.6. The Labute approximate surface area is 204 Å². The zero-order valence-corrected chi connectivity index (χ0v) is 20.3. The van der Waals surface area contributed by atoms with Crippen LogP contribution in [0.2, 0.25) is 0 Å². The Morgan fingerprint density at radius 1 is 0.943 bits per heavy atom. The van der Waals surface area contributed by atoms with E-state index in [1.54, 1.807) is 18.0 Å². The summed E-state index contributed by atoms with van der Waals surface area (Å²) in [4.78, 5) is 25.8. The molecule has 0 bridgehead atoms. The second-order valence-electron chi connectivity index (χ2n) is 8.40. The number of hydrogen-bond acceptors (Lipinski definition) is 4. The summed E-state index contributed by atoms with van der Waals surface area (Å²) in [5.41, 5.74) is 6.23. The first kappa shape index (κ1) is 23.8. The molecule has 178 valence electrons. The quantitative estimate of drug-likeness (QED) is 0.406. The standard InChI is InChI=1S/C28H28N4O3/c1-18-11-13-22(14-12-18)32-17-24(27(31-32)21-9-6-10-23(15-21)35-4)28(34)29-16-25(33)30-26-19(2)7-5-8-20(26)3/h5-15,17H,16H2,1-4H3,(H,29,34)(H,30,33). The molecule has 0 saturated carbocycles. The minimum atomic E-state index is -0.391. The van der Waals surface area contributed by atoms with Crippen LogP contribution in [-0.4, -0.2) is 35.2 Å². The Balaban J connectivity index is 1.59. The van der Waals surface area contributed by atoms with Crippen LogP contribution >= 0.6 is 0 Å². The van der Waals surface area contributed by atoms with Gasteiger partial charge in [-0.3, -0.25) is 9.59 Å². The molecule has 4 rings (SSSR count). The third kappa shape index (κ3) is 5.41. The number of nitrogens with zero attached hydrogens (tertiary/aromatic N) is 2. The molecule has 1 heterocycles. The number of aromatic nitrogens is 2. The van der Waals surface area contributed by atoms with Crippen molar-refractivity contribution in [3.63, 3.8) is 0 Å². The van der Waals surface area contributed by atoms with E-state index in [-0.39, 0.29) is 12.5 Å². The Morgan fingerprint density at radius 3 is 2.31 bits per heavy atom. The lowest BCUT2D eigenvalue weighted by molar-refractivity contribution is -0.115. The van der Waals surface area contributed by atoms with Crippen LogP contribution in [0.1, 0.15) is 27.0 Å². The molecule has 35 heavy (non-hydrogen) atoms. The summed E-state index contributed by atoms with van der Waals surface area (Å²) < 4.78 is 7.01. The lowest BCUT2D eigenvalue weighted by Crippen LogP contribution is -2.33. The number of anilines is 1. The molecule has 3 aromatic carbocycles. The molecule has 0 atom stereocenters. The molecule has 2 amide bonds. The van der Waals surface area contributed by atoms with Crippen LogP contribution in [0, 0.1) is 20.8 Å². The van der Waals surface area contributed by atoms with Crippen molar-refractivity contribution in [1.82, 2.24) is 15.1 Å². The second-order valence-corrected chi connectivity index (χ2v) is 8.40. The van der Waals surface area contributed by atoms with E-state index in [0.717, 1.165) is 33.6 Å². The van der Waals surface area contributed by atoms with Crippen molar-refractivity contribution in [3.05, 3.63) is 95.2 Å². The Morgan fingerprint density at radius 2 is 1.63 bits per heavy atom. The minimum absolute atomic E-state index is 0.167. The zero-order chi connectivity index (χ0) is 24.9. The van der Waals surface area contributed by atoms with E-state index in [0.29, 0.717) is 17.0 Å². The molecule has 2 N–H and O–H groups in total. The first-order chi connectivity index (χ1) is 16.9. The Bertz CT molecular complexity index is 1350. The van der Waals surface area contributed by atoms with Crippen molar-refractivity contribution >= 4 is 17.5 Å². The molecule has 0 aliphatic carbocycles. The third-order valence-corrected chi connectivity index (χ3v) is 5.76. The van der Waals surface area contributed by atoms with Crippen molar-refractivity contribution in [2.45, 2.75) is 20.8 Å². The highest BCUT2D eigenvalue weighted by Gasteiger charge is 2.20. The number of benzene rings is 3. The van der Waals surface area contributed by atoms with Crippen LogP contribution in [-0.2, 0) is 4.79 Å². The monoisotopic (exact) mass is 468 g/mol. The lowest BCUT2D eigenvalue weighted by atomic mass is 10.1. The summed E-state index contributed by atoms with van der Waals surface area (Å²) in [5, 5.41) is 10.3. The summed E-state index contributed by atoms with van der Waals surface area (Å²) in [6.45, 7) is 5.71. The first-order valence-electron chi connectivity index (χ1n) is 11.3. The fourth-order valence-corrected chi connectivity index (χ4v) is 3.80. The van der Waals surface area contributed by atoms with Crippen LogP contribution in [0.4, 0.5) is 5.69 Å². The molecule has 0 aliphatic heterocycles. The van der Waals surface area contributed by atoms with Crippen LogP contribution in [0.3, 0.4) is 0 Å². The first-order valence-corrected chi connectivity index (χ1v) is 11.3. The molecule has 7 heteroatoms. The second kappa shape index (κ2) is 10.3. The number of methoxy groups -OCH3 is 1. The van der Waals surface area contributed by atoms with Gasteiger partial charge in [0.25, 0.3) is 5.91 Å². The van der Waals surface area contributed by atoms with Gasteiger partial charge in [-0.1, -0.05) is 48.0 Å². The van der Waals surface area contributed by atoms with Gasteiger partial charge in [-0.15, -0.1) is 0 Å². The number of para-hydroxylation sites is 1. The average molecular weight is 469 g/mol. The predicted molar refractivity (Wildman–Crippen MR) is 137 cm³/mol. The molecule has 0 spiro atoms. The Kier molecular flexibility index (Phi) is 6.96. The van der Waals surface area contributed by atoms with Crippen LogP contribution in [0.15, 0.2) is 72.9 Å². The fraction of sp³-hybridized carbons (Fsp3) is 0.179. The molecule has 0 fully saturated rings. The number of ether oxygens (including phenoxy) is 1. The van der Waals surface area contributed by atoms with Crippen molar-refractivity contribution in [1.29, 1.82) is 0 Å². The van der Waals surface area contributed by atoms with Gasteiger partial charge in [0, 0.05) is 17.4 Å². The Hall–Kier alpha value is -4.39. The number of rotatable bonds is 7. The summed E-state index contributed by atoms with van der Waals surface area (Å²) >= 11 is 0. The zero-order valence-electron chi connectivity index (χ0n) is 20.3. The molecule has 0 unspecified atom stereocenters. The maximum Gasteiger partial charge on any atom is 0.255 e. The minimum Gasteiger partial charge on any atom is -0.497 e. The molecule has 4 aromatic rings. The van der Waals surface area contributed by atoms with Crippen LogP contribution < -0.4 is 15.4 Å². The van der Waals surface area contributed by atoms with Gasteiger partial charge in [0.15, 0.2) is 0 Å². The van der Waals surface area contributed by atoms with Gasteiger partial charge in [0.1, 0.15) is 11.4 Å². The van der Waals surface area contributed by atoms with E-state index < -0.39 is 5.91 Å². The summed E-state index contributed by atoms with van der Waals surface area (Å²) in [6.07, 6.45) is 1.68. The lowest BCUT2D eigenvalue weighted by Gasteiger charge is -2.12. The summed E-state index contributed by atoms with van der Waals surface area (Å²) in [7, 11) is 1.59. The number of carbonyl (C=O) groups is 2. The SMILES string of the molecule is COc1cccc(-c2nn(-c3ccc(C)cc3)cc2C(=O)NCC(=O)Nc2c(C)cccc2C)c1. The van der Waals surface area contributed by atoms with Crippen LogP contribution in [0.25, 0.3) is 16.9 Å². The number of amides is 2. The van der Waals surface area contributed by atoms with Gasteiger partial charge in [0.05, 0.1) is 24.9 Å². The summed E-state index contributed by atoms with van der Waals surface area (Å²) in [6, 6.07) is 21.0. The molecule has 0 saturated heterocycles.